The first kappa shape index (κ1) is 9.60. The molecule has 0 aromatic rings. The van der Waals surface area contributed by atoms with E-state index in [1.54, 1.807) is 0 Å². The van der Waals surface area contributed by atoms with Crippen molar-refractivity contribution in [3.8, 4) is 0 Å². The van der Waals surface area contributed by atoms with E-state index < -0.39 is 0 Å². The van der Waals surface area contributed by atoms with Crippen LogP contribution in [0.3, 0.4) is 0 Å². The van der Waals surface area contributed by atoms with E-state index in [1.807, 2.05) is 0 Å². The summed E-state index contributed by atoms with van der Waals surface area (Å²) >= 11 is 9.04. The molecular weight excluding hydrogens is 196 g/mol. The molecule has 0 aliphatic carbocycles. The SMILES string of the molecule is NC(=S)SSC(=S)[NH2+][O-]. The van der Waals surface area contributed by atoms with Gasteiger partial charge >= 0.3 is 0 Å². The van der Waals surface area contributed by atoms with Crippen LogP contribution in [0.25, 0.3) is 0 Å². The third kappa shape index (κ3) is 6.49. The number of hydrogen-bond acceptors (Lipinski definition) is 5. The average Bonchev–Trinajstić information content (AvgIpc) is 1.83. The minimum atomic E-state index is 0.257. The van der Waals surface area contributed by atoms with Gasteiger partial charge in [0.2, 0.25) is 4.32 Å². The van der Waals surface area contributed by atoms with Gasteiger partial charge in [-0.3, -0.25) is 0 Å². The van der Waals surface area contributed by atoms with E-state index in [1.165, 1.54) is 0 Å². The second-order valence-corrected chi connectivity index (χ2v) is 4.53. The van der Waals surface area contributed by atoms with Crippen LogP contribution in [0.4, 0.5) is 0 Å². The van der Waals surface area contributed by atoms with E-state index in [2.05, 4.69) is 24.4 Å². The fraction of sp³-hybridized carbons (Fsp3) is 0. The van der Waals surface area contributed by atoms with Crippen molar-refractivity contribution in [1.29, 1.82) is 0 Å². The number of nitrogens with two attached hydrogens (primary N) is 2. The van der Waals surface area contributed by atoms with Crippen LogP contribution in [-0.2, 0) is 0 Å². The Bertz CT molecular complexity index is 126. The number of hydrogen-bond donors (Lipinski definition) is 2. The zero-order valence-corrected chi connectivity index (χ0v) is 7.46. The Morgan fingerprint density at radius 1 is 1.44 bits per heavy atom. The second-order valence-electron chi connectivity index (χ2n) is 0.923. The van der Waals surface area contributed by atoms with Gasteiger partial charge in [-0.2, -0.15) is 0 Å². The maximum atomic E-state index is 9.86. The lowest BCUT2D eigenvalue weighted by Crippen LogP contribution is -2.79. The Hall–Kier alpha value is 0.600. The molecule has 0 rings (SSSR count). The van der Waals surface area contributed by atoms with Gasteiger partial charge in [0, 0.05) is 10.8 Å². The maximum Gasteiger partial charge on any atom is 0.241 e. The molecule has 3 nitrogen and oxygen atoms in total. The highest BCUT2D eigenvalue weighted by molar-refractivity contribution is 8.89. The molecule has 0 aromatic carbocycles. The van der Waals surface area contributed by atoms with Gasteiger partial charge in [-0.05, 0) is 23.0 Å². The number of thiocarbonyl (C=S) groups is 2. The molecule has 52 valence electrons. The van der Waals surface area contributed by atoms with Crippen molar-refractivity contribution in [3.63, 3.8) is 0 Å². The Morgan fingerprint density at radius 2 is 2.00 bits per heavy atom. The third-order valence-electron chi connectivity index (χ3n) is 0.302. The van der Waals surface area contributed by atoms with Crippen LogP contribution >= 0.6 is 46.0 Å². The molecule has 9 heavy (non-hydrogen) atoms. The average molecular weight is 200 g/mol. The summed E-state index contributed by atoms with van der Waals surface area (Å²) in [4.78, 5) is 0. The van der Waals surface area contributed by atoms with Gasteiger partial charge in [0.05, 0.1) is 0 Å². The van der Waals surface area contributed by atoms with Crippen molar-refractivity contribution in [3.05, 3.63) is 5.21 Å². The van der Waals surface area contributed by atoms with Crippen molar-refractivity contribution in [1.82, 2.24) is 0 Å². The van der Waals surface area contributed by atoms with Gasteiger partial charge in [-0.25, -0.2) is 0 Å². The molecular formula is C2H4N2OS4. The lowest BCUT2D eigenvalue weighted by atomic mass is 11.5. The third-order valence-corrected chi connectivity index (χ3v) is 3.37. The first-order valence-corrected chi connectivity index (χ1v) is 4.76. The molecule has 0 aromatic heterocycles. The molecule has 0 amide bonds. The minimum absolute atomic E-state index is 0.257. The number of quaternary nitrogens is 1. The monoisotopic (exact) mass is 200 g/mol. The molecule has 0 aliphatic heterocycles. The molecule has 7 heteroatoms. The highest BCUT2D eigenvalue weighted by Crippen LogP contribution is 2.19. The maximum absolute atomic E-state index is 9.86. The highest BCUT2D eigenvalue weighted by Gasteiger charge is 1.97. The van der Waals surface area contributed by atoms with Gasteiger partial charge in [0.1, 0.15) is 4.32 Å². The number of hydroxylamine groups is 1. The van der Waals surface area contributed by atoms with Crippen LogP contribution in [0.15, 0.2) is 0 Å². The van der Waals surface area contributed by atoms with E-state index in [4.69, 9.17) is 5.73 Å². The summed E-state index contributed by atoms with van der Waals surface area (Å²) in [5.74, 6) is 0. The summed E-state index contributed by atoms with van der Waals surface area (Å²) in [5, 5.41) is 9.86. The van der Waals surface area contributed by atoms with Crippen molar-refractivity contribution in [2.24, 2.45) is 5.73 Å². The zero-order chi connectivity index (χ0) is 7.28. The van der Waals surface area contributed by atoms with Gasteiger partial charge < -0.3 is 16.4 Å². The standard InChI is InChI=1S/C2H4N2OS4/c3-1(6)8-9-2(7)4-5/h4H2,(H2,3,6). The summed E-state index contributed by atoms with van der Waals surface area (Å²) in [5.41, 5.74) is 5.68. The molecule has 0 unspecified atom stereocenters. The zero-order valence-electron chi connectivity index (χ0n) is 4.20. The number of rotatable bonds is 0. The molecule has 0 spiro atoms. The Kier molecular flexibility index (Phi) is 5.75. The quantitative estimate of drug-likeness (QED) is 0.325. The van der Waals surface area contributed by atoms with Crippen molar-refractivity contribution >= 4 is 54.7 Å². The van der Waals surface area contributed by atoms with Crippen LogP contribution < -0.4 is 11.2 Å². The Labute approximate surface area is 71.1 Å². The van der Waals surface area contributed by atoms with Gasteiger partial charge in [0.15, 0.2) is 0 Å². The van der Waals surface area contributed by atoms with E-state index >= 15 is 0 Å². The molecule has 0 saturated heterocycles. The summed E-state index contributed by atoms with van der Waals surface area (Å²) < 4.78 is 0.539. The lowest BCUT2D eigenvalue weighted by molar-refractivity contribution is -0.451. The fourth-order valence-corrected chi connectivity index (χ4v) is 1.53. The first-order valence-electron chi connectivity index (χ1n) is 1.80. The summed E-state index contributed by atoms with van der Waals surface area (Å²) in [6.07, 6.45) is 0. The van der Waals surface area contributed by atoms with E-state index in [9.17, 15) is 5.21 Å². The molecule has 0 heterocycles. The smallest absolute Gasteiger partial charge is 0.241 e. The molecule has 0 atom stereocenters. The molecule has 0 radical (unpaired) electrons. The molecule has 0 fully saturated rings. The predicted octanol–water partition coefficient (Wildman–Crippen LogP) is -0.0425. The Balaban J connectivity index is 3.28. The van der Waals surface area contributed by atoms with Gasteiger partial charge in [-0.1, -0.05) is 12.2 Å². The van der Waals surface area contributed by atoms with Crippen LogP contribution in [-0.4, -0.2) is 8.64 Å². The van der Waals surface area contributed by atoms with Crippen LogP contribution in [0.5, 0.6) is 0 Å². The van der Waals surface area contributed by atoms with Crippen LogP contribution in [0.2, 0.25) is 0 Å². The van der Waals surface area contributed by atoms with Crippen LogP contribution in [0.1, 0.15) is 0 Å². The fourth-order valence-electron chi connectivity index (χ4n) is 0.102. The highest BCUT2D eigenvalue weighted by atomic mass is 33.1. The summed E-state index contributed by atoms with van der Waals surface area (Å²) in [6, 6.07) is 0. The lowest BCUT2D eigenvalue weighted by Gasteiger charge is -1.98. The van der Waals surface area contributed by atoms with Crippen molar-refractivity contribution in [2.75, 3.05) is 0 Å². The van der Waals surface area contributed by atoms with E-state index in [0.717, 1.165) is 21.6 Å². The van der Waals surface area contributed by atoms with E-state index in [-0.39, 0.29) is 8.64 Å². The molecule has 0 saturated carbocycles. The minimum Gasteiger partial charge on any atom is -0.629 e. The van der Waals surface area contributed by atoms with E-state index in [0.29, 0.717) is 5.48 Å². The second kappa shape index (κ2) is 5.39. The summed E-state index contributed by atoms with van der Waals surface area (Å²) in [6.45, 7) is 0. The molecule has 0 bridgehead atoms. The molecule has 4 N–H and O–H groups in total. The van der Waals surface area contributed by atoms with Crippen molar-refractivity contribution < 1.29 is 5.48 Å². The largest absolute Gasteiger partial charge is 0.629 e. The normalized spacial score (nSPS) is 9.00. The topological polar surface area (TPSA) is 65.7 Å². The van der Waals surface area contributed by atoms with Gasteiger partial charge in [0.25, 0.3) is 0 Å². The molecule has 0 aliphatic rings. The summed E-state index contributed by atoms with van der Waals surface area (Å²) in [7, 11) is 2.22. The van der Waals surface area contributed by atoms with Crippen LogP contribution in [0, 0.1) is 5.21 Å². The van der Waals surface area contributed by atoms with Gasteiger partial charge in [-0.15, -0.1) is 0 Å². The Morgan fingerprint density at radius 3 is 2.33 bits per heavy atom. The predicted molar refractivity (Wildman–Crippen MR) is 49.9 cm³/mol. The van der Waals surface area contributed by atoms with Crippen molar-refractivity contribution in [2.45, 2.75) is 0 Å². The first-order chi connectivity index (χ1) is 4.16.